The van der Waals surface area contributed by atoms with E-state index in [-0.39, 0.29) is 11.4 Å². The molecule has 2 aliphatic heterocycles. The van der Waals surface area contributed by atoms with Crippen LogP contribution < -0.4 is 0 Å². The molecule has 134 valence electrons. The molecule has 0 bridgehead atoms. The van der Waals surface area contributed by atoms with Crippen molar-refractivity contribution in [2.24, 2.45) is 7.05 Å². The first-order valence-corrected chi connectivity index (χ1v) is 9.51. The van der Waals surface area contributed by atoms with E-state index in [1.54, 1.807) is 11.7 Å². The van der Waals surface area contributed by atoms with Gasteiger partial charge in [0.05, 0.1) is 5.75 Å². The maximum atomic E-state index is 12.8. The highest BCUT2D eigenvalue weighted by Crippen LogP contribution is 2.31. The molecular formula is C15H27N7OS. The van der Waals surface area contributed by atoms with Crippen molar-refractivity contribution < 1.29 is 4.79 Å². The van der Waals surface area contributed by atoms with Crippen LogP contribution in [-0.2, 0) is 11.8 Å². The number of likely N-dealkylation sites (tertiary alicyclic amines) is 1. The number of likely N-dealkylation sites (N-methyl/N-ethyl adjacent to an activating group) is 1. The standard InChI is InChI=1S/C15H27N7OS/c1-19-9-5-15(6-10-19)12-22(8-4-7-20(15)2)13(23)11-24-14-16-17-18-21(14)3/h4-12H2,1-3H3. The quantitative estimate of drug-likeness (QED) is 0.705. The number of nitrogens with zero attached hydrogens (tertiary/aromatic N) is 7. The third kappa shape index (κ3) is 3.73. The van der Waals surface area contributed by atoms with Crippen molar-refractivity contribution in [1.29, 1.82) is 0 Å². The monoisotopic (exact) mass is 353 g/mol. The molecule has 0 unspecified atom stereocenters. The van der Waals surface area contributed by atoms with Gasteiger partial charge in [0.2, 0.25) is 11.1 Å². The lowest BCUT2D eigenvalue weighted by molar-refractivity contribution is -0.130. The van der Waals surface area contributed by atoms with E-state index in [0.717, 1.165) is 52.0 Å². The van der Waals surface area contributed by atoms with Crippen molar-refractivity contribution in [3.05, 3.63) is 0 Å². The summed E-state index contributed by atoms with van der Waals surface area (Å²) in [6.45, 7) is 4.96. The van der Waals surface area contributed by atoms with Gasteiger partial charge in [-0.25, -0.2) is 4.68 Å². The zero-order valence-corrected chi connectivity index (χ0v) is 15.6. The molecule has 3 heterocycles. The average molecular weight is 353 g/mol. The molecule has 3 rings (SSSR count). The Hall–Kier alpha value is -1.19. The van der Waals surface area contributed by atoms with Crippen molar-refractivity contribution in [2.45, 2.75) is 30.0 Å². The first-order valence-electron chi connectivity index (χ1n) is 8.53. The molecule has 9 heteroatoms. The summed E-state index contributed by atoms with van der Waals surface area (Å²) in [5.41, 5.74) is 0.135. The van der Waals surface area contributed by atoms with Gasteiger partial charge < -0.3 is 9.80 Å². The highest BCUT2D eigenvalue weighted by molar-refractivity contribution is 7.99. The Labute approximate surface area is 147 Å². The fourth-order valence-corrected chi connectivity index (χ4v) is 4.39. The molecule has 0 radical (unpaired) electrons. The van der Waals surface area contributed by atoms with E-state index in [9.17, 15) is 4.79 Å². The van der Waals surface area contributed by atoms with Crippen LogP contribution in [0.1, 0.15) is 19.3 Å². The van der Waals surface area contributed by atoms with Gasteiger partial charge in [-0.05, 0) is 56.9 Å². The number of hydrogen-bond acceptors (Lipinski definition) is 7. The number of carbonyl (C=O) groups is 1. The molecule has 0 N–H and O–H groups in total. The van der Waals surface area contributed by atoms with Crippen molar-refractivity contribution in [2.75, 3.05) is 52.6 Å². The Balaban J connectivity index is 1.64. The predicted molar refractivity (Wildman–Crippen MR) is 92.8 cm³/mol. The molecule has 1 aromatic heterocycles. The van der Waals surface area contributed by atoms with E-state index in [0.29, 0.717) is 10.9 Å². The topological polar surface area (TPSA) is 70.4 Å². The number of thioether (sulfide) groups is 1. The maximum absolute atomic E-state index is 12.8. The van der Waals surface area contributed by atoms with Crippen LogP contribution in [0.2, 0.25) is 0 Å². The van der Waals surface area contributed by atoms with Gasteiger partial charge in [0.1, 0.15) is 0 Å². The van der Waals surface area contributed by atoms with Gasteiger partial charge in [-0.3, -0.25) is 9.69 Å². The van der Waals surface area contributed by atoms with Crippen LogP contribution in [0.4, 0.5) is 0 Å². The Morgan fingerprint density at radius 1 is 1.17 bits per heavy atom. The Morgan fingerprint density at radius 3 is 2.58 bits per heavy atom. The molecule has 2 fully saturated rings. The number of carbonyl (C=O) groups excluding carboxylic acids is 1. The normalized spacial score (nSPS) is 22.7. The SMILES string of the molecule is CN1CCC2(CC1)CN(C(=O)CSc1nnnn1C)CCCN2C. The lowest BCUT2D eigenvalue weighted by atomic mass is 9.85. The van der Waals surface area contributed by atoms with Gasteiger partial charge in [-0.1, -0.05) is 11.8 Å². The summed E-state index contributed by atoms with van der Waals surface area (Å²) in [7, 11) is 6.19. The number of piperidine rings is 1. The van der Waals surface area contributed by atoms with Crippen LogP contribution >= 0.6 is 11.8 Å². The molecule has 24 heavy (non-hydrogen) atoms. The smallest absolute Gasteiger partial charge is 0.233 e. The Bertz CT molecular complexity index is 570. The zero-order chi connectivity index (χ0) is 17.2. The van der Waals surface area contributed by atoms with Crippen molar-refractivity contribution in [3.8, 4) is 0 Å². The lowest BCUT2D eigenvalue weighted by Gasteiger charge is -2.47. The summed E-state index contributed by atoms with van der Waals surface area (Å²) in [5, 5.41) is 12.0. The molecule has 0 atom stereocenters. The maximum Gasteiger partial charge on any atom is 0.233 e. The molecule has 2 saturated heterocycles. The summed E-state index contributed by atoms with van der Waals surface area (Å²) in [4.78, 5) is 19.7. The molecule has 0 aliphatic carbocycles. The van der Waals surface area contributed by atoms with E-state index >= 15 is 0 Å². The summed E-state index contributed by atoms with van der Waals surface area (Å²) in [5.74, 6) is 0.588. The number of rotatable bonds is 3. The molecule has 8 nitrogen and oxygen atoms in total. The molecular weight excluding hydrogens is 326 g/mol. The number of amides is 1. The van der Waals surface area contributed by atoms with Crippen LogP contribution in [0.15, 0.2) is 5.16 Å². The lowest BCUT2D eigenvalue weighted by Crippen LogP contribution is -2.58. The van der Waals surface area contributed by atoms with E-state index in [1.165, 1.54) is 11.8 Å². The Kier molecular flexibility index (Phi) is 5.41. The third-order valence-corrected chi connectivity index (χ3v) is 6.39. The number of aryl methyl sites for hydroxylation is 1. The van der Waals surface area contributed by atoms with Crippen molar-refractivity contribution in [1.82, 2.24) is 34.9 Å². The van der Waals surface area contributed by atoms with Gasteiger partial charge in [0.25, 0.3) is 0 Å². The molecule has 2 aliphatic rings. The van der Waals surface area contributed by atoms with Crippen molar-refractivity contribution >= 4 is 17.7 Å². The highest BCUT2D eigenvalue weighted by atomic mass is 32.2. The minimum atomic E-state index is 0.135. The van der Waals surface area contributed by atoms with Gasteiger partial charge in [-0.15, -0.1) is 5.10 Å². The zero-order valence-electron chi connectivity index (χ0n) is 14.8. The molecule has 1 aromatic rings. The van der Waals surface area contributed by atoms with E-state index in [1.807, 2.05) is 0 Å². The van der Waals surface area contributed by atoms with Crippen LogP contribution in [0.5, 0.6) is 0 Å². The summed E-state index contributed by atoms with van der Waals surface area (Å²) >= 11 is 1.41. The molecule has 0 aromatic carbocycles. The second kappa shape index (κ2) is 7.37. The molecule has 1 amide bonds. The van der Waals surface area contributed by atoms with Crippen LogP contribution in [-0.4, -0.2) is 98.9 Å². The second-order valence-corrected chi connectivity index (χ2v) is 7.93. The van der Waals surface area contributed by atoms with E-state index in [2.05, 4.69) is 44.3 Å². The average Bonchev–Trinajstić information content (AvgIpc) is 2.91. The first-order chi connectivity index (χ1) is 11.5. The van der Waals surface area contributed by atoms with E-state index in [4.69, 9.17) is 0 Å². The summed E-state index contributed by atoms with van der Waals surface area (Å²) in [6, 6.07) is 0. The fourth-order valence-electron chi connectivity index (χ4n) is 3.64. The van der Waals surface area contributed by atoms with Gasteiger partial charge in [0.15, 0.2) is 0 Å². The number of hydrogen-bond donors (Lipinski definition) is 0. The third-order valence-electron chi connectivity index (χ3n) is 5.39. The Morgan fingerprint density at radius 2 is 1.92 bits per heavy atom. The van der Waals surface area contributed by atoms with Gasteiger partial charge >= 0.3 is 0 Å². The second-order valence-electron chi connectivity index (χ2n) is 6.99. The molecule has 0 saturated carbocycles. The fraction of sp³-hybridized carbons (Fsp3) is 0.867. The number of aromatic nitrogens is 4. The van der Waals surface area contributed by atoms with Gasteiger partial charge in [0, 0.05) is 32.2 Å². The van der Waals surface area contributed by atoms with Crippen LogP contribution in [0.3, 0.4) is 0 Å². The van der Waals surface area contributed by atoms with Crippen LogP contribution in [0.25, 0.3) is 0 Å². The predicted octanol–water partition coefficient (Wildman–Crippen LogP) is -0.0693. The summed E-state index contributed by atoms with van der Waals surface area (Å²) in [6.07, 6.45) is 3.30. The number of tetrazole rings is 1. The van der Waals surface area contributed by atoms with Crippen molar-refractivity contribution in [3.63, 3.8) is 0 Å². The minimum absolute atomic E-state index is 0.135. The highest BCUT2D eigenvalue weighted by Gasteiger charge is 2.41. The van der Waals surface area contributed by atoms with Crippen LogP contribution in [0, 0.1) is 0 Å². The van der Waals surface area contributed by atoms with E-state index < -0.39 is 0 Å². The largest absolute Gasteiger partial charge is 0.340 e. The van der Waals surface area contributed by atoms with Gasteiger partial charge in [-0.2, -0.15) is 0 Å². The first kappa shape index (κ1) is 17.6. The summed E-state index contributed by atoms with van der Waals surface area (Å²) < 4.78 is 1.60. The molecule has 1 spiro atoms. The minimum Gasteiger partial charge on any atom is -0.340 e.